The molecule has 1 rings (SSSR count). The fourth-order valence-corrected chi connectivity index (χ4v) is 1.77. The van der Waals surface area contributed by atoms with Crippen LogP contribution in [-0.4, -0.2) is 29.0 Å². The van der Waals surface area contributed by atoms with Crippen molar-refractivity contribution in [2.45, 2.75) is 46.0 Å². The summed E-state index contributed by atoms with van der Waals surface area (Å²) in [5, 5.41) is 2.72. The van der Waals surface area contributed by atoms with Crippen molar-refractivity contribution in [3.8, 4) is 0 Å². The van der Waals surface area contributed by atoms with Gasteiger partial charge in [0.2, 0.25) is 0 Å². The van der Waals surface area contributed by atoms with Crippen molar-refractivity contribution < 1.29 is 4.79 Å². The van der Waals surface area contributed by atoms with Crippen LogP contribution in [0.15, 0.2) is 4.79 Å². The summed E-state index contributed by atoms with van der Waals surface area (Å²) < 4.78 is 0. The Morgan fingerprint density at radius 3 is 2.43 bits per heavy atom. The summed E-state index contributed by atoms with van der Waals surface area (Å²) in [7, 11) is 0. The standard InChI is InChI=1S/C14H24N4O2.ClH/c1-9-10(11(19)16-8-6-5-7-15)12(20)18-13(17-9)14(2,3)4;/h5-8,15H2,1-4H3,(H,16,19)(H,17,18,20);1H. The molecule has 7 heteroatoms. The zero-order chi connectivity index (χ0) is 15.3. The van der Waals surface area contributed by atoms with Gasteiger partial charge in [0.1, 0.15) is 11.4 Å². The fourth-order valence-electron chi connectivity index (χ4n) is 1.77. The fraction of sp³-hybridized carbons (Fsp3) is 0.643. The van der Waals surface area contributed by atoms with Crippen LogP contribution >= 0.6 is 12.4 Å². The molecule has 0 aromatic carbocycles. The van der Waals surface area contributed by atoms with Gasteiger partial charge in [-0.3, -0.25) is 9.59 Å². The molecule has 120 valence electrons. The number of nitrogens with two attached hydrogens (primary N) is 1. The Bertz CT molecular complexity index is 535. The number of rotatable bonds is 5. The highest BCUT2D eigenvalue weighted by atomic mass is 35.5. The number of amides is 1. The van der Waals surface area contributed by atoms with Crippen LogP contribution in [0.4, 0.5) is 0 Å². The molecule has 0 fully saturated rings. The lowest BCUT2D eigenvalue weighted by molar-refractivity contribution is 0.0950. The molecule has 0 spiro atoms. The number of aryl methyl sites for hydroxylation is 1. The number of hydrogen-bond donors (Lipinski definition) is 3. The Hall–Kier alpha value is -1.40. The normalized spacial score (nSPS) is 10.9. The van der Waals surface area contributed by atoms with E-state index in [0.717, 1.165) is 12.8 Å². The lowest BCUT2D eigenvalue weighted by Gasteiger charge is -2.18. The molecule has 0 unspecified atom stereocenters. The Balaban J connectivity index is 0.00000400. The molecular weight excluding hydrogens is 292 g/mol. The molecule has 0 aliphatic rings. The molecule has 1 aromatic rings. The minimum absolute atomic E-state index is 0. The topological polar surface area (TPSA) is 101 Å². The molecule has 0 saturated heterocycles. The monoisotopic (exact) mass is 316 g/mol. The zero-order valence-electron chi connectivity index (χ0n) is 13.1. The second kappa shape index (κ2) is 8.14. The Morgan fingerprint density at radius 2 is 1.95 bits per heavy atom. The summed E-state index contributed by atoms with van der Waals surface area (Å²) in [5.74, 6) is 0.202. The number of aromatic amines is 1. The molecule has 4 N–H and O–H groups in total. The number of carbonyl (C=O) groups excluding carboxylic acids is 1. The summed E-state index contributed by atoms with van der Waals surface area (Å²) in [4.78, 5) is 31.1. The lowest BCUT2D eigenvalue weighted by atomic mass is 9.95. The van der Waals surface area contributed by atoms with Crippen molar-refractivity contribution in [1.82, 2.24) is 15.3 Å². The first-order valence-corrected chi connectivity index (χ1v) is 6.87. The number of halogens is 1. The minimum atomic E-state index is -0.390. The molecule has 0 aliphatic heterocycles. The van der Waals surface area contributed by atoms with Gasteiger partial charge in [0.05, 0.1) is 5.69 Å². The third kappa shape index (κ3) is 5.47. The maximum Gasteiger partial charge on any atom is 0.264 e. The van der Waals surface area contributed by atoms with E-state index in [2.05, 4.69) is 15.3 Å². The van der Waals surface area contributed by atoms with E-state index in [1.165, 1.54) is 0 Å². The molecule has 21 heavy (non-hydrogen) atoms. The molecule has 6 nitrogen and oxygen atoms in total. The highest BCUT2D eigenvalue weighted by Crippen LogP contribution is 2.17. The summed E-state index contributed by atoms with van der Waals surface area (Å²) in [6.45, 7) is 8.65. The van der Waals surface area contributed by atoms with Gasteiger partial charge in [-0.25, -0.2) is 4.98 Å². The van der Waals surface area contributed by atoms with Crippen LogP contribution in [0.2, 0.25) is 0 Å². The van der Waals surface area contributed by atoms with Crippen LogP contribution < -0.4 is 16.6 Å². The van der Waals surface area contributed by atoms with Crippen molar-refractivity contribution in [3.05, 3.63) is 27.4 Å². The van der Waals surface area contributed by atoms with Crippen LogP contribution in [0, 0.1) is 6.92 Å². The first kappa shape index (κ1) is 19.6. The SMILES string of the molecule is Cc1nc(C(C)(C)C)[nH]c(=O)c1C(=O)NCCCCN.Cl. The minimum Gasteiger partial charge on any atom is -0.352 e. The first-order valence-electron chi connectivity index (χ1n) is 6.87. The van der Waals surface area contributed by atoms with Gasteiger partial charge in [-0.05, 0) is 26.3 Å². The van der Waals surface area contributed by atoms with E-state index in [0.29, 0.717) is 24.6 Å². The van der Waals surface area contributed by atoms with E-state index in [1.807, 2.05) is 20.8 Å². The smallest absolute Gasteiger partial charge is 0.264 e. The van der Waals surface area contributed by atoms with Gasteiger partial charge in [-0.15, -0.1) is 12.4 Å². The zero-order valence-corrected chi connectivity index (χ0v) is 13.9. The summed E-state index contributed by atoms with van der Waals surface area (Å²) >= 11 is 0. The largest absolute Gasteiger partial charge is 0.352 e. The molecular formula is C14H25ClN4O2. The molecule has 0 atom stereocenters. The number of nitrogens with zero attached hydrogens (tertiary/aromatic N) is 1. The summed E-state index contributed by atoms with van der Waals surface area (Å²) in [6, 6.07) is 0. The third-order valence-corrected chi connectivity index (χ3v) is 2.95. The second-order valence-electron chi connectivity index (χ2n) is 5.88. The predicted molar refractivity (Wildman–Crippen MR) is 86.2 cm³/mol. The quantitative estimate of drug-likeness (QED) is 0.712. The Morgan fingerprint density at radius 1 is 1.33 bits per heavy atom. The number of nitrogens with one attached hydrogen (secondary N) is 2. The van der Waals surface area contributed by atoms with Crippen LogP contribution in [0.5, 0.6) is 0 Å². The maximum atomic E-state index is 12.1. The highest BCUT2D eigenvalue weighted by Gasteiger charge is 2.21. The number of H-pyrrole nitrogens is 1. The number of hydrogen-bond acceptors (Lipinski definition) is 4. The van der Waals surface area contributed by atoms with Crippen LogP contribution in [0.3, 0.4) is 0 Å². The van der Waals surface area contributed by atoms with E-state index >= 15 is 0 Å². The van der Waals surface area contributed by atoms with Gasteiger partial charge >= 0.3 is 0 Å². The number of carbonyl (C=O) groups is 1. The van der Waals surface area contributed by atoms with Gasteiger partial charge in [-0.2, -0.15) is 0 Å². The molecule has 0 aliphatic carbocycles. The van der Waals surface area contributed by atoms with E-state index in [1.54, 1.807) is 6.92 Å². The van der Waals surface area contributed by atoms with Crippen LogP contribution in [0.1, 0.15) is 55.5 Å². The van der Waals surface area contributed by atoms with Crippen molar-refractivity contribution >= 4 is 18.3 Å². The highest BCUT2D eigenvalue weighted by molar-refractivity contribution is 5.94. The van der Waals surface area contributed by atoms with Gasteiger partial charge in [-0.1, -0.05) is 20.8 Å². The van der Waals surface area contributed by atoms with Gasteiger partial charge in [0.25, 0.3) is 11.5 Å². The van der Waals surface area contributed by atoms with Crippen molar-refractivity contribution in [2.24, 2.45) is 5.73 Å². The maximum absolute atomic E-state index is 12.1. The Kier molecular flexibility index (Phi) is 7.60. The van der Waals surface area contributed by atoms with E-state index < -0.39 is 5.56 Å². The van der Waals surface area contributed by atoms with E-state index in [4.69, 9.17) is 5.73 Å². The second-order valence-corrected chi connectivity index (χ2v) is 5.88. The molecule has 0 radical (unpaired) electrons. The van der Waals surface area contributed by atoms with E-state index in [9.17, 15) is 9.59 Å². The van der Waals surface area contributed by atoms with Crippen LogP contribution in [0.25, 0.3) is 0 Å². The Labute approximate surface area is 131 Å². The van der Waals surface area contributed by atoms with Crippen LogP contribution in [-0.2, 0) is 5.41 Å². The number of aromatic nitrogens is 2. The molecule has 1 heterocycles. The third-order valence-electron chi connectivity index (χ3n) is 2.95. The number of unbranched alkanes of at least 4 members (excludes halogenated alkanes) is 1. The van der Waals surface area contributed by atoms with E-state index in [-0.39, 0.29) is 29.3 Å². The molecule has 0 bridgehead atoms. The van der Waals surface area contributed by atoms with Crippen molar-refractivity contribution in [1.29, 1.82) is 0 Å². The summed E-state index contributed by atoms with van der Waals surface area (Å²) in [6.07, 6.45) is 1.64. The van der Waals surface area contributed by atoms with Gasteiger partial charge < -0.3 is 16.0 Å². The lowest BCUT2D eigenvalue weighted by Crippen LogP contribution is -2.34. The van der Waals surface area contributed by atoms with Gasteiger partial charge in [0.15, 0.2) is 0 Å². The predicted octanol–water partition coefficient (Wildman–Crippen LogP) is 1.27. The average Bonchev–Trinajstić information content (AvgIpc) is 2.32. The van der Waals surface area contributed by atoms with Crippen molar-refractivity contribution in [2.75, 3.05) is 13.1 Å². The summed E-state index contributed by atoms with van der Waals surface area (Å²) in [5.41, 5.74) is 5.27. The van der Waals surface area contributed by atoms with Gasteiger partial charge in [0, 0.05) is 12.0 Å². The molecule has 1 aromatic heterocycles. The van der Waals surface area contributed by atoms with Crippen molar-refractivity contribution in [3.63, 3.8) is 0 Å². The molecule has 1 amide bonds. The first-order chi connectivity index (χ1) is 9.27. The molecule has 0 saturated carbocycles. The average molecular weight is 317 g/mol.